The third kappa shape index (κ3) is 6.32. The molecule has 0 unspecified atom stereocenters. The van der Waals surface area contributed by atoms with Crippen LogP contribution < -0.4 is 14.9 Å². The maximum atomic E-state index is 12.6. The summed E-state index contributed by atoms with van der Waals surface area (Å²) in [6.45, 7) is 4.16. The first kappa shape index (κ1) is 25.9. The van der Waals surface area contributed by atoms with Crippen molar-refractivity contribution >= 4 is 50.8 Å². The Morgan fingerprint density at radius 3 is 2.68 bits per heavy atom. The summed E-state index contributed by atoms with van der Waals surface area (Å²) in [6.07, 6.45) is 3.81. The molecule has 3 aromatic carbocycles. The Hall–Kier alpha value is -4.21. The molecule has 10 heteroatoms. The van der Waals surface area contributed by atoms with Crippen LogP contribution >= 0.6 is 22.9 Å². The number of hydrogen-bond donors (Lipinski definition) is 1. The number of fused-ring (bicyclic) bond motifs is 1. The second-order valence-electron chi connectivity index (χ2n) is 7.91. The van der Waals surface area contributed by atoms with Gasteiger partial charge in [0.1, 0.15) is 6.61 Å². The van der Waals surface area contributed by atoms with Crippen molar-refractivity contribution in [2.75, 3.05) is 7.11 Å². The molecule has 0 aliphatic rings. The van der Waals surface area contributed by atoms with E-state index in [4.69, 9.17) is 21.1 Å². The Kier molecular flexibility index (Phi) is 8.17. The molecule has 0 aliphatic carbocycles. The number of nitrogens with one attached hydrogen (secondary N) is 1. The smallest absolute Gasteiger partial charge is 0.281 e. The van der Waals surface area contributed by atoms with Crippen molar-refractivity contribution in [3.05, 3.63) is 110 Å². The van der Waals surface area contributed by atoms with E-state index in [-0.39, 0.29) is 5.69 Å². The molecule has 1 heterocycles. The number of amides is 1. The van der Waals surface area contributed by atoms with Crippen LogP contribution in [0.15, 0.2) is 78.4 Å². The van der Waals surface area contributed by atoms with E-state index in [1.807, 2.05) is 18.2 Å². The summed E-state index contributed by atoms with van der Waals surface area (Å²) in [7, 11) is 1.55. The zero-order chi connectivity index (χ0) is 26.4. The van der Waals surface area contributed by atoms with E-state index < -0.39 is 10.8 Å². The van der Waals surface area contributed by atoms with E-state index in [2.05, 4.69) is 17.1 Å². The van der Waals surface area contributed by atoms with Crippen LogP contribution in [-0.2, 0) is 13.0 Å². The monoisotopic (exact) mass is 535 g/mol. The molecule has 0 radical (unpaired) electrons. The Balaban J connectivity index is 1.49. The second kappa shape index (κ2) is 11.7. The molecule has 0 saturated carbocycles. The van der Waals surface area contributed by atoms with Gasteiger partial charge in [-0.1, -0.05) is 29.8 Å². The van der Waals surface area contributed by atoms with Crippen LogP contribution in [0, 0.1) is 10.1 Å². The first-order chi connectivity index (χ1) is 17.9. The molecule has 1 amide bonds. The predicted octanol–water partition coefficient (Wildman–Crippen LogP) is 6.54. The highest BCUT2D eigenvalue weighted by Crippen LogP contribution is 2.34. The van der Waals surface area contributed by atoms with Gasteiger partial charge in [0.15, 0.2) is 11.5 Å². The van der Waals surface area contributed by atoms with Crippen LogP contribution in [0.4, 0.5) is 5.69 Å². The van der Waals surface area contributed by atoms with Crippen molar-refractivity contribution in [2.45, 2.75) is 13.0 Å². The number of thiophene rings is 1. The molecular formula is C27H22ClN3O5S. The first-order valence-corrected chi connectivity index (χ1v) is 12.3. The first-order valence-electron chi connectivity index (χ1n) is 11.1. The van der Waals surface area contributed by atoms with Gasteiger partial charge >= 0.3 is 0 Å². The minimum Gasteiger partial charge on any atom is -0.493 e. The van der Waals surface area contributed by atoms with Gasteiger partial charge in [0.2, 0.25) is 0 Å². The Morgan fingerprint density at radius 2 is 1.97 bits per heavy atom. The van der Waals surface area contributed by atoms with Crippen molar-refractivity contribution < 1.29 is 19.2 Å². The molecule has 188 valence electrons. The standard InChI is InChI=1S/C27H22ClN3O5S/c1-3-4-19-11-18(12-23(35-2)26(19)36-16-17-5-7-21(28)8-6-17)15-29-30-27(32)25-14-20-13-22(31(33)34)9-10-24(20)37-25/h3,5-15H,1,4,16H2,2H3,(H,30,32)/b29-15-. The summed E-state index contributed by atoms with van der Waals surface area (Å²) in [4.78, 5) is 23.5. The quantitative estimate of drug-likeness (QED) is 0.107. The molecule has 1 aromatic heterocycles. The van der Waals surface area contributed by atoms with E-state index in [1.165, 1.54) is 29.7 Å². The summed E-state index contributed by atoms with van der Waals surface area (Å²) in [5.74, 6) is 0.700. The number of nitrogens with zero attached hydrogens (tertiary/aromatic N) is 2. The fourth-order valence-electron chi connectivity index (χ4n) is 3.59. The highest BCUT2D eigenvalue weighted by molar-refractivity contribution is 7.20. The number of nitro groups is 1. The van der Waals surface area contributed by atoms with Gasteiger partial charge in [-0.2, -0.15) is 5.10 Å². The van der Waals surface area contributed by atoms with E-state index in [0.29, 0.717) is 45.4 Å². The topological polar surface area (TPSA) is 103 Å². The van der Waals surface area contributed by atoms with Crippen molar-refractivity contribution in [3.8, 4) is 11.5 Å². The minimum atomic E-state index is -0.468. The number of carbonyl (C=O) groups excluding carboxylic acids is 1. The van der Waals surface area contributed by atoms with Crippen molar-refractivity contribution in [1.82, 2.24) is 5.43 Å². The third-order valence-electron chi connectivity index (χ3n) is 5.35. The summed E-state index contributed by atoms with van der Waals surface area (Å²) < 4.78 is 12.4. The Bertz CT molecular complexity index is 1500. The Morgan fingerprint density at radius 1 is 1.19 bits per heavy atom. The van der Waals surface area contributed by atoms with Crippen molar-refractivity contribution in [1.29, 1.82) is 0 Å². The number of nitro benzene ring substituents is 1. The zero-order valence-electron chi connectivity index (χ0n) is 19.8. The molecule has 4 aromatic rings. The van der Waals surface area contributed by atoms with Gasteiger partial charge in [-0.05, 0) is 53.9 Å². The molecule has 1 N–H and O–H groups in total. The van der Waals surface area contributed by atoms with Crippen LogP contribution in [0.5, 0.6) is 11.5 Å². The third-order valence-corrected chi connectivity index (χ3v) is 6.72. The summed E-state index contributed by atoms with van der Waals surface area (Å²) >= 11 is 7.19. The lowest BCUT2D eigenvalue weighted by atomic mass is 10.1. The molecule has 0 fully saturated rings. The van der Waals surface area contributed by atoms with Crippen molar-refractivity contribution in [2.24, 2.45) is 5.10 Å². The van der Waals surface area contributed by atoms with E-state index in [1.54, 1.807) is 43.5 Å². The molecular weight excluding hydrogens is 514 g/mol. The summed E-state index contributed by atoms with van der Waals surface area (Å²) in [5, 5.41) is 16.4. The van der Waals surface area contributed by atoms with Crippen LogP contribution in [0.1, 0.15) is 26.4 Å². The van der Waals surface area contributed by atoms with Gasteiger partial charge in [0, 0.05) is 32.8 Å². The second-order valence-corrected chi connectivity index (χ2v) is 9.43. The average Bonchev–Trinajstić information content (AvgIpc) is 3.32. The fourth-order valence-corrected chi connectivity index (χ4v) is 4.65. The molecule has 0 bridgehead atoms. The number of non-ortho nitro benzene ring substituents is 1. The number of hydrazone groups is 1. The van der Waals surface area contributed by atoms with Gasteiger partial charge in [0.25, 0.3) is 11.6 Å². The maximum absolute atomic E-state index is 12.6. The minimum absolute atomic E-state index is 0.0276. The lowest BCUT2D eigenvalue weighted by Crippen LogP contribution is -2.16. The van der Waals surface area contributed by atoms with Crippen LogP contribution in [0.3, 0.4) is 0 Å². The number of ether oxygens (including phenoxy) is 2. The summed E-state index contributed by atoms with van der Waals surface area (Å²) in [6, 6.07) is 17.1. The normalized spacial score (nSPS) is 11.0. The summed E-state index contributed by atoms with van der Waals surface area (Å²) in [5.41, 5.74) is 4.98. The molecule has 0 aliphatic heterocycles. The Labute approximate surface area is 221 Å². The number of allylic oxidation sites excluding steroid dienone is 1. The van der Waals surface area contributed by atoms with E-state index in [0.717, 1.165) is 15.8 Å². The number of methoxy groups -OCH3 is 1. The van der Waals surface area contributed by atoms with Gasteiger partial charge < -0.3 is 9.47 Å². The molecule has 8 nitrogen and oxygen atoms in total. The predicted molar refractivity (Wildman–Crippen MR) is 146 cm³/mol. The van der Waals surface area contributed by atoms with Gasteiger partial charge in [-0.3, -0.25) is 14.9 Å². The molecule has 0 spiro atoms. The number of rotatable bonds is 10. The SMILES string of the molecule is C=CCc1cc(/C=N\NC(=O)c2cc3cc([N+](=O)[O-])ccc3s2)cc(OC)c1OCc1ccc(Cl)cc1. The zero-order valence-corrected chi connectivity index (χ0v) is 21.3. The van der Waals surface area contributed by atoms with E-state index in [9.17, 15) is 14.9 Å². The number of carbonyl (C=O) groups is 1. The molecule has 0 saturated heterocycles. The lowest BCUT2D eigenvalue weighted by Gasteiger charge is -2.16. The highest BCUT2D eigenvalue weighted by atomic mass is 35.5. The lowest BCUT2D eigenvalue weighted by molar-refractivity contribution is -0.384. The number of hydrogen-bond acceptors (Lipinski definition) is 7. The molecule has 4 rings (SSSR count). The van der Waals surface area contributed by atoms with Crippen LogP contribution in [0.25, 0.3) is 10.1 Å². The fraction of sp³-hybridized carbons (Fsp3) is 0.111. The van der Waals surface area contributed by atoms with E-state index >= 15 is 0 Å². The number of halogens is 1. The maximum Gasteiger partial charge on any atom is 0.281 e. The van der Waals surface area contributed by atoms with Crippen LogP contribution in [0.2, 0.25) is 5.02 Å². The average molecular weight is 536 g/mol. The molecule has 37 heavy (non-hydrogen) atoms. The van der Waals surface area contributed by atoms with Crippen LogP contribution in [-0.4, -0.2) is 24.2 Å². The van der Waals surface area contributed by atoms with Crippen molar-refractivity contribution in [3.63, 3.8) is 0 Å². The van der Waals surface area contributed by atoms with Gasteiger partial charge in [-0.25, -0.2) is 5.43 Å². The van der Waals surface area contributed by atoms with Gasteiger partial charge in [0.05, 0.1) is 23.1 Å². The molecule has 0 atom stereocenters. The highest BCUT2D eigenvalue weighted by Gasteiger charge is 2.14. The number of benzene rings is 3. The van der Waals surface area contributed by atoms with Gasteiger partial charge in [-0.15, -0.1) is 17.9 Å². The largest absolute Gasteiger partial charge is 0.493 e.